The van der Waals surface area contributed by atoms with Crippen molar-refractivity contribution < 1.29 is 19.4 Å². The molecular weight excluding hydrogens is 396 g/mol. The highest BCUT2D eigenvalue weighted by Gasteiger charge is 2.32. The van der Waals surface area contributed by atoms with Crippen LogP contribution in [-0.2, 0) is 16.0 Å². The van der Waals surface area contributed by atoms with E-state index >= 15 is 0 Å². The molecular formula is C25H34O4S. The molecule has 0 fully saturated rings. The summed E-state index contributed by atoms with van der Waals surface area (Å²) in [5.74, 6) is -0.100. The van der Waals surface area contributed by atoms with E-state index in [4.69, 9.17) is 9.47 Å². The van der Waals surface area contributed by atoms with Crippen molar-refractivity contribution in [2.75, 3.05) is 13.7 Å². The number of thioether (sulfide) groups is 1. The molecule has 0 aliphatic carbocycles. The topological polar surface area (TPSA) is 55.8 Å². The van der Waals surface area contributed by atoms with Gasteiger partial charge in [0.05, 0.1) is 19.6 Å². The summed E-state index contributed by atoms with van der Waals surface area (Å²) < 4.78 is 10.8. The number of hydrogen-bond donors (Lipinski definition) is 1. The maximum Gasteiger partial charge on any atom is 0.312 e. The lowest BCUT2D eigenvalue weighted by Gasteiger charge is -2.28. The first-order valence-corrected chi connectivity index (χ1v) is 11.4. The summed E-state index contributed by atoms with van der Waals surface area (Å²) in [5.41, 5.74) is 0.746. The van der Waals surface area contributed by atoms with E-state index in [2.05, 4.69) is 24.3 Å². The minimum absolute atomic E-state index is 0.0611. The zero-order valence-electron chi connectivity index (χ0n) is 18.5. The van der Waals surface area contributed by atoms with E-state index in [1.165, 1.54) is 5.56 Å². The van der Waals surface area contributed by atoms with Gasteiger partial charge in [-0.1, -0.05) is 36.8 Å². The van der Waals surface area contributed by atoms with Crippen LogP contribution in [0.15, 0.2) is 59.5 Å². The quantitative estimate of drug-likeness (QED) is 0.289. The van der Waals surface area contributed by atoms with Crippen LogP contribution in [0.25, 0.3) is 0 Å². The van der Waals surface area contributed by atoms with Crippen LogP contribution in [0, 0.1) is 5.92 Å². The summed E-state index contributed by atoms with van der Waals surface area (Å²) in [6.45, 7) is 5.34. The lowest BCUT2D eigenvalue weighted by Crippen LogP contribution is -2.36. The molecule has 0 saturated heterocycles. The largest absolute Gasteiger partial charge is 0.497 e. The van der Waals surface area contributed by atoms with Gasteiger partial charge in [-0.25, -0.2) is 0 Å². The number of methoxy groups -OCH3 is 1. The second kappa shape index (κ2) is 12.0. The Balaban J connectivity index is 2.05. The average molecular weight is 431 g/mol. The Morgan fingerprint density at radius 3 is 2.27 bits per heavy atom. The summed E-state index contributed by atoms with van der Waals surface area (Å²) in [6, 6.07) is 18.2. The number of rotatable bonds is 11. The van der Waals surface area contributed by atoms with Crippen LogP contribution in [0.3, 0.4) is 0 Å². The van der Waals surface area contributed by atoms with Crippen molar-refractivity contribution in [2.45, 2.75) is 62.2 Å². The lowest BCUT2D eigenvalue weighted by molar-refractivity contribution is -0.161. The Morgan fingerprint density at radius 2 is 1.70 bits per heavy atom. The fraction of sp³-hybridized carbons (Fsp3) is 0.480. The van der Waals surface area contributed by atoms with Crippen molar-refractivity contribution in [3.05, 3.63) is 60.2 Å². The van der Waals surface area contributed by atoms with Crippen LogP contribution in [0.2, 0.25) is 0 Å². The predicted molar refractivity (Wildman–Crippen MR) is 123 cm³/mol. The normalized spacial score (nSPS) is 13.5. The van der Waals surface area contributed by atoms with Crippen LogP contribution in [0.5, 0.6) is 5.75 Å². The standard InChI is InChI=1S/C25H34O4S/c1-25(2,3)29-24(27)22(18-26)23(30-21-16-14-20(28-4)15-17-21)13-9-8-12-19-10-6-5-7-11-19/h5-7,10-11,14-17,22-23,26H,8-9,12-13,18H2,1-4H3/t22-,23+/m0/s1. The third kappa shape index (κ3) is 8.41. The summed E-state index contributed by atoms with van der Waals surface area (Å²) in [5, 5.41) is 9.96. The molecule has 0 heterocycles. The SMILES string of the molecule is COc1ccc(S[C@H](CCCCc2ccccc2)[C@H](CO)C(=O)OC(C)(C)C)cc1. The first-order valence-electron chi connectivity index (χ1n) is 10.5. The Hall–Kier alpha value is -1.98. The molecule has 164 valence electrons. The number of hydrogen-bond acceptors (Lipinski definition) is 5. The van der Waals surface area contributed by atoms with E-state index in [-0.39, 0.29) is 17.8 Å². The molecule has 0 amide bonds. The van der Waals surface area contributed by atoms with Gasteiger partial charge < -0.3 is 14.6 Å². The van der Waals surface area contributed by atoms with Crippen molar-refractivity contribution in [2.24, 2.45) is 5.92 Å². The monoisotopic (exact) mass is 430 g/mol. The molecule has 2 aromatic rings. The van der Waals surface area contributed by atoms with Gasteiger partial charge in [0.25, 0.3) is 0 Å². The van der Waals surface area contributed by atoms with E-state index in [0.29, 0.717) is 0 Å². The van der Waals surface area contributed by atoms with Crippen LogP contribution >= 0.6 is 11.8 Å². The lowest BCUT2D eigenvalue weighted by atomic mass is 9.99. The summed E-state index contributed by atoms with van der Waals surface area (Å²) in [7, 11) is 1.64. The molecule has 2 atom stereocenters. The fourth-order valence-electron chi connectivity index (χ4n) is 3.21. The van der Waals surface area contributed by atoms with Gasteiger partial charge in [-0.05, 0) is 69.9 Å². The van der Waals surface area contributed by atoms with Gasteiger partial charge >= 0.3 is 5.97 Å². The smallest absolute Gasteiger partial charge is 0.312 e. The first-order chi connectivity index (χ1) is 14.3. The second-order valence-corrected chi connectivity index (χ2v) is 9.70. The van der Waals surface area contributed by atoms with Gasteiger partial charge in [0.2, 0.25) is 0 Å². The number of aryl methyl sites for hydroxylation is 1. The molecule has 0 radical (unpaired) electrons. The zero-order chi connectivity index (χ0) is 22.0. The molecule has 4 nitrogen and oxygen atoms in total. The summed E-state index contributed by atoms with van der Waals surface area (Å²) in [6.07, 6.45) is 3.85. The fourth-order valence-corrected chi connectivity index (χ4v) is 4.50. The van der Waals surface area contributed by atoms with Crippen molar-refractivity contribution in [3.8, 4) is 5.75 Å². The van der Waals surface area contributed by atoms with E-state index in [0.717, 1.165) is 36.3 Å². The molecule has 0 unspecified atom stereocenters. The molecule has 2 aromatic carbocycles. The number of unbranched alkanes of at least 4 members (excludes halogenated alkanes) is 1. The van der Waals surface area contributed by atoms with Crippen molar-refractivity contribution in [1.82, 2.24) is 0 Å². The zero-order valence-corrected chi connectivity index (χ0v) is 19.3. The highest BCUT2D eigenvalue weighted by Crippen LogP contribution is 2.34. The molecule has 2 rings (SSSR count). The number of ether oxygens (including phenoxy) is 2. The Morgan fingerprint density at radius 1 is 1.03 bits per heavy atom. The second-order valence-electron chi connectivity index (χ2n) is 8.39. The van der Waals surface area contributed by atoms with E-state index in [1.807, 2.05) is 51.1 Å². The minimum Gasteiger partial charge on any atom is -0.497 e. The number of benzene rings is 2. The third-order valence-electron chi connectivity index (χ3n) is 4.75. The molecule has 1 N–H and O–H groups in total. The van der Waals surface area contributed by atoms with Crippen LogP contribution in [0.1, 0.15) is 45.6 Å². The number of esters is 1. The minimum atomic E-state index is -0.576. The Labute approximate surface area is 185 Å². The molecule has 0 bridgehead atoms. The molecule has 5 heteroatoms. The van der Waals surface area contributed by atoms with Gasteiger partial charge in [0.15, 0.2) is 0 Å². The van der Waals surface area contributed by atoms with Crippen LogP contribution in [0.4, 0.5) is 0 Å². The number of aliphatic hydroxyl groups is 1. The first kappa shape index (κ1) is 24.3. The highest BCUT2D eigenvalue weighted by molar-refractivity contribution is 8.00. The highest BCUT2D eigenvalue weighted by atomic mass is 32.2. The molecule has 0 aliphatic heterocycles. The van der Waals surface area contributed by atoms with Crippen molar-refractivity contribution >= 4 is 17.7 Å². The molecule has 30 heavy (non-hydrogen) atoms. The van der Waals surface area contributed by atoms with E-state index < -0.39 is 11.5 Å². The van der Waals surface area contributed by atoms with Crippen LogP contribution < -0.4 is 4.74 Å². The Bertz CT molecular complexity index is 753. The maximum absolute atomic E-state index is 12.8. The van der Waals surface area contributed by atoms with E-state index in [9.17, 15) is 9.90 Å². The van der Waals surface area contributed by atoms with Crippen molar-refractivity contribution in [3.63, 3.8) is 0 Å². The molecule has 0 aromatic heterocycles. The summed E-state index contributed by atoms with van der Waals surface area (Å²) in [4.78, 5) is 13.8. The maximum atomic E-state index is 12.8. The predicted octanol–water partition coefficient (Wildman–Crippen LogP) is 5.52. The third-order valence-corrected chi connectivity index (χ3v) is 6.16. The Kier molecular flexibility index (Phi) is 9.73. The summed E-state index contributed by atoms with van der Waals surface area (Å²) >= 11 is 1.62. The van der Waals surface area contributed by atoms with Gasteiger partial charge in [-0.2, -0.15) is 0 Å². The van der Waals surface area contributed by atoms with Crippen molar-refractivity contribution in [1.29, 1.82) is 0 Å². The number of carbonyl (C=O) groups excluding carboxylic acids is 1. The van der Waals surface area contributed by atoms with Gasteiger partial charge in [-0.15, -0.1) is 11.8 Å². The van der Waals surface area contributed by atoms with E-state index in [1.54, 1.807) is 18.9 Å². The molecule has 0 saturated carbocycles. The van der Waals surface area contributed by atoms with Gasteiger partial charge in [0.1, 0.15) is 11.4 Å². The van der Waals surface area contributed by atoms with Gasteiger partial charge in [0, 0.05) is 10.1 Å². The molecule has 0 spiro atoms. The number of aliphatic hydroxyl groups excluding tert-OH is 1. The number of carbonyl (C=O) groups is 1. The molecule has 0 aliphatic rings. The average Bonchev–Trinajstić information content (AvgIpc) is 2.71. The van der Waals surface area contributed by atoms with Gasteiger partial charge in [-0.3, -0.25) is 4.79 Å². The van der Waals surface area contributed by atoms with Crippen LogP contribution in [-0.4, -0.2) is 35.6 Å².